The molecule has 6 nitrogen and oxygen atoms in total. The van der Waals surface area contributed by atoms with E-state index in [0.717, 1.165) is 5.56 Å². The molecular formula is C18H18N2O4. The zero-order valence-corrected chi connectivity index (χ0v) is 13.5. The summed E-state index contributed by atoms with van der Waals surface area (Å²) in [5, 5.41) is 15.7. The smallest absolute Gasteiger partial charge is 0.245 e. The molecule has 1 fully saturated rings. The van der Waals surface area contributed by atoms with Crippen LogP contribution < -0.4 is 9.47 Å². The number of hydrogen-bond donors (Lipinski definition) is 1. The number of hydrogen-bond acceptors (Lipinski definition) is 5. The van der Waals surface area contributed by atoms with Crippen molar-refractivity contribution in [3.63, 3.8) is 0 Å². The van der Waals surface area contributed by atoms with Crippen LogP contribution >= 0.6 is 0 Å². The van der Waals surface area contributed by atoms with Gasteiger partial charge in [-0.2, -0.15) is 5.10 Å². The second-order valence-electron chi connectivity index (χ2n) is 5.39. The molecule has 0 aromatic heterocycles. The Morgan fingerprint density at radius 1 is 1.17 bits per heavy atom. The molecule has 1 N–H and O–H groups in total. The number of nitrogens with zero attached hydrogens (tertiary/aromatic N) is 2. The number of ether oxygens (including phenoxy) is 2. The summed E-state index contributed by atoms with van der Waals surface area (Å²) in [4.78, 5) is 11.9. The van der Waals surface area contributed by atoms with Gasteiger partial charge in [0.25, 0.3) is 0 Å². The van der Waals surface area contributed by atoms with Crippen molar-refractivity contribution < 1.29 is 19.4 Å². The maximum Gasteiger partial charge on any atom is 0.245 e. The summed E-state index contributed by atoms with van der Waals surface area (Å²) < 4.78 is 10.2. The summed E-state index contributed by atoms with van der Waals surface area (Å²) in [6.45, 7) is 0. The Labute approximate surface area is 139 Å². The minimum Gasteiger partial charge on any atom is -0.502 e. The zero-order valence-electron chi connectivity index (χ0n) is 13.5. The van der Waals surface area contributed by atoms with Gasteiger partial charge in [-0.3, -0.25) is 4.79 Å². The van der Waals surface area contributed by atoms with Gasteiger partial charge in [0.15, 0.2) is 11.5 Å². The lowest BCUT2D eigenvalue weighted by Gasteiger charge is -2.36. The summed E-state index contributed by atoms with van der Waals surface area (Å²) in [6, 6.07) is 13.0. The Bertz CT molecular complexity index is 749. The molecule has 0 radical (unpaired) electrons. The number of phenolic OH excluding ortho intramolecular Hbond substituents is 1. The monoisotopic (exact) mass is 326 g/mol. The fourth-order valence-corrected chi connectivity index (χ4v) is 2.60. The van der Waals surface area contributed by atoms with Crippen molar-refractivity contribution in [1.82, 2.24) is 5.01 Å². The molecule has 3 rings (SSSR count). The predicted molar refractivity (Wildman–Crippen MR) is 89.5 cm³/mol. The molecule has 1 amide bonds. The Morgan fingerprint density at radius 2 is 1.79 bits per heavy atom. The van der Waals surface area contributed by atoms with Gasteiger partial charge >= 0.3 is 0 Å². The van der Waals surface area contributed by atoms with Crippen LogP contribution in [0.3, 0.4) is 0 Å². The van der Waals surface area contributed by atoms with Crippen LogP contribution in [0, 0.1) is 0 Å². The number of benzene rings is 2. The van der Waals surface area contributed by atoms with Gasteiger partial charge in [0.2, 0.25) is 11.7 Å². The van der Waals surface area contributed by atoms with Crippen LogP contribution in [0.1, 0.15) is 23.6 Å². The molecule has 0 aliphatic carbocycles. The van der Waals surface area contributed by atoms with Gasteiger partial charge in [0, 0.05) is 5.56 Å². The highest BCUT2D eigenvalue weighted by atomic mass is 16.5. The van der Waals surface area contributed by atoms with E-state index < -0.39 is 0 Å². The van der Waals surface area contributed by atoms with Crippen LogP contribution in [0.2, 0.25) is 0 Å². The number of phenols is 1. The average molecular weight is 326 g/mol. The standard InChI is InChI=1S/C18H18N2O4/c1-23-15-8-12(9-16(24-2)18(15)22)11-19-20-14(10-17(20)21)13-6-4-3-5-7-13/h3-9,11,14,22H,10H2,1-2H3/b19-11-/t14-/m0/s1. The number of β-lactam (4-membered cyclic amide) rings is 1. The third-order valence-electron chi connectivity index (χ3n) is 3.94. The van der Waals surface area contributed by atoms with Crippen molar-refractivity contribution in [3.05, 3.63) is 53.6 Å². The molecule has 0 bridgehead atoms. The highest BCUT2D eigenvalue weighted by molar-refractivity contribution is 5.87. The van der Waals surface area contributed by atoms with E-state index in [4.69, 9.17) is 9.47 Å². The van der Waals surface area contributed by atoms with Crippen LogP contribution in [-0.4, -0.2) is 36.5 Å². The first-order valence-corrected chi connectivity index (χ1v) is 7.50. The lowest BCUT2D eigenvalue weighted by Crippen LogP contribution is -2.42. The van der Waals surface area contributed by atoms with Crippen LogP contribution in [0.25, 0.3) is 0 Å². The fourth-order valence-electron chi connectivity index (χ4n) is 2.60. The lowest BCUT2D eigenvalue weighted by atomic mass is 9.96. The quantitative estimate of drug-likeness (QED) is 0.677. The first kappa shape index (κ1) is 15.9. The van der Waals surface area contributed by atoms with E-state index in [1.54, 1.807) is 18.3 Å². The largest absolute Gasteiger partial charge is 0.502 e. The molecule has 1 aliphatic heterocycles. The Balaban J connectivity index is 1.83. The second kappa shape index (κ2) is 6.62. The number of hydrazone groups is 1. The van der Waals surface area contributed by atoms with E-state index >= 15 is 0 Å². The van der Waals surface area contributed by atoms with Gasteiger partial charge in [-0.1, -0.05) is 30.3 Å². The van der Waals surface area contributed by atoms with Gasteiger partial charge in [-0.25, -0.2) is 5.01 Å². The van der Waals surface area contributed by atoms with E-state index in [0.29, 0.717) is 12.0 Å². The predicted octanol–water partition coefficient (Wildman–Crippen LogP) is 2.72. The molecule has 1 aliphatic rings. The molecule has 6 heteroatoms. The molecule has 0 spiro atoms. The number of aromatic hydroxyl groups is 1. The molecule has 24 heavy (non-hydrogen) atoms. The van der Waals surface area contributed by atoms with Crippen molar-refractivity contribution >= 4 is 12.1 Å². The summed E-state index contributed by atoms with van der Waals surface area (Å²) in [5.74, 6) is 0.466. The molecule has 0 saturated carbocycles. The number of carbonyl (C=O) groups excluding carboxylic acids is 1. The average Bonchev–Trinajstić information content (AvgIpc) is 2.61. The number of amides is 1. The van der Waals surface area contributed by atoms with Gasteiger partial charge in [0.1, 0.15) is 0 Å². The topological polar surface area (TPSA) is 71.4 Å². The third kappa shape index (κ3) is 2.90. The van der Waals surface area contributed by atoms with Gasteiger partial charge in [-0.05, 0) is 17.7 Å². The molecule has 2 aromatic carbocycles. The Kier molecular flexibility index (Phi) is 4.37. The highest BCUT2D eigenvalue weighted by Crippen LogP contribution is 2.37. The van der Waals surface area contributed by atoms with Crippen LogP contribution in [0.5, 0.6) is 17.2 Å². The third-order valence-corrected chi connectivity index (χ3v) is 3.94. The molecule has 0 unspecified atom stereocenters. The molecular weight excluding hydrogens is 308 g/mol. The number of rotatable bonds is 5. The lowest BCUT2D eigenvalue weighted by molar-refractivity contribution is -0.146. The molecule has 124 valence electrons. The summed E-state index contributed by atoms with van der Waals surface area (Å²) in [6.07, 6.45) is 2.00. The second-order valence-corrected chi connectivity index (χ2v) is 5.39. The van der Waals surface area contributed by atoms with E-state index in [2.05, 4.69) is 5.10 Å². The van der Waals surface area contributed by atoms with E-state index in [1.165, 1.54) is 19.2 Å². The zero-order chi connectivity index (χ0) is 17.1. The first-order chi connectivity index (χ1) is 11.6. The Hall–Kier alpha value is -3.02. The molecule has 2 aromatic rings. The van der Waals surface area contributed by atoms with E-state index in [1.807, 2.05) is 30.3 Å². The SMILES string of the molecule is COc1cc(/C=N\N2C(=O)C[C@H]2c2ccccc2)cc(OC)c1O. The highest BCUT2D eigenvalue weighted by Gasteiger charge is 2.37. The Morgan fingerprint density at radius 3 is 2.33 bits per heavy atom. The van der Waals surface area contributed by atoms with Crippen LogP contribution in [0.15, 0.2) is 47.6 Å². The van der Waals surface area contributed by atoms with Crippen LogP contribution in [0.4, 0.5) is 0 Å². The molecule has 1 atom stereocenters. The molecule has 1 heterocycles. The van der Waals surface area contributed by atoms with Crippen LogP contribution in [-0.2, 0) is 4.79 Å². The van der Waals surface area contributed by atoms with Gasteiger partial charge in [0.05, 0.1) is 32.9 Å². The normalized spacial score (nSPS) is 17.0. The van der Waals surface area contributed by atoms with Gasteiger partial charge in [-0.15, -0.1) is 0 Å². The molecule has 1 saturated heterocycles. The maximum absolute atomic E-state index is 11.9. The summed E-state index contributed by atoms with van der Waals surface area (Å²) in [7, 11) is 2.92. The minimum absolute atomic E-state index is 0.0298. The fraction of sp³-hybridized carbons (Fsp3) is 0.222. The van der Waals surface area contributed by atoms with Crippen molar-refractivity contribution in [2.24, 2.45) is 5.10 Å². The van der Waals surface area contributed by atoms with E-state index in [9.17, 15) is 9.90 Å². The van der Waals surface area contributed by atoms with Crippen molar-refractivity contribution in [3.8, 4) is 17.2 Å². The van der Waals surface area contributed by atoms with Gasteiger partial charge < -0.3 is 14.6 Å². The number of carbonyl (C=O) groups is 1. The summed E-state index contributed by atoms with van der Waals surface area (Å²) >= 11 is 0. The maximum atomic E-state index is 11.9. The summed E-state index contributed by atoms with van der Waals surface area (Å²) in [5.41, 5.74) is 1.71. The van der Waals surface area contributed by atoms with Crippen molar-refractivity contribution in [1.29, 1.82) is 0 Å². The van der Waals surface area contributed by atoms with Crippen molar-refractivity contribution in [2.75, 3.05) is 14.2 Å². The first-order valence-electron chi connectivity index (χ1n) is 7.50. The number of methoxy groups -OCH3 is 2. The minimum atomic E-state index is -0.0701. The van der Waals surface area contributed by atoms with Crippen molar-refractivity contribution in [2.45, 2.75) is 12.5 Å². The van der Waals surface area contributed by atoms with E-state index in [-0.39, 0.29) is 29.2 Å².